The number of aryl methyl sites for hydroxylation is 1. The van der Waals surface area contributed by atoms with Gasteiger partial charge in [0.25, 0.3) is 5.82 Å². The van der Waals surface area contributed by atoms with E-state index in [0.29, 0.717) is 16.5 Å². The highest BCUT2D eigenvalue weighted by molar-refractivity contribution is 14.1. The topological polar surface area (TPSA) is 68.0 Å². The average Bonchev–Trinajstić information content (AvgIpc) is 2.61. The van der Waals surface area contributed by atoms with E-state index in [1.54, 1.807) is 19.1 Å². The predicted molar refractivity (Wildman–Crippen MR) is 70.8 cm³/mol. The lowest BCUT2D eigenvalue weighted by molar-refractivity contribution is 0.0683. The van der Waals surface area contributed by atoms with Gasteiger partial charge in [0.05, 0.1) is 10.7 Å². The van der Waals surface area contributed by atoms with Crippen LogP contribution in [0.2, 0.25) is 5.02 Å². The monoisotopic (exact) mass is 363 g/mol. The molecule has 0 atom stereocenters. The molecule has 5 nitrogen and oxygen atoms in total. The largest absolute Gasteiger partial charge is 0.475 e. The Morgan fingerprint density at radius 1 is 1.53 bits per heavy atom. The molecule has 0 bridgehead atoms. The van der Waals surface area contributed by atoms with Crippen LogP contribution in [0.1, 0.15) is 16.4 Å². The maximum Gasteiger partial charge on any atom is 0.375 e. The third-order valence-electron chi connectivity index (χ3n) is 2.10. The number of aromatic carboxylic acids is 1. The fraction of sp³-hybridized carbons (Fsp3) is 0.100. The summed E-state index contributed by atoms with van der Waals surface area (Å²) in [5.41, 5.74) is 0.615. The van der Waals surface area contributed by atoms with Crippen molar-refractivity contribution in [3.8, 4) is 5.69 Å². The van der Waals surface area contributed by atoms with Gasteiger partial charge in [-0.3, -0.25) is 0 Å². The van der Waals surface area contributed by atoms with Crippen LogP contribution in [0.3, 0.4) is 0 Å². The van der Waals surface area contributed by atoms with Crippen LogP contribution in [-0.2, 0) is 0 Å². The maximum atomic E-state index is 10.8. The van der Waals surface area contributed by atoms with Crippen molar-refractivity contribution in [2.45, 2.75) is 6.92 Å². The van der Waals surface area contributed by atoms with Crippen LogP contribution in [0, 0.1) is 10.5 Å². The molecule has 0 aliphatic rings. The van der Waals surface area contributed by atoms with Gasteiger partial charge in [-0.25, -0.2) is 14.5 Å². The first-order chi connectivity index (χ1) is 7.99. The van der Waals surface area contributed by atoms with Crippen molar-refractivity contribution in [1.82, 2.24) is 14.8 Å². The lowest BCUT2D eigenvalue weighted by Gasteiger charge is -2.05. The quantitative estimate of drug-likeness (QED) is 0.833. The Hall–Kier alpha value is -1.15. The summed E-state index contributed by atoms with van der Waals surface area (Å²) in [5, 5.41) is 13.2. The highest BCUT2D eigenvalue weighted by Crippen LogP contribution is 2.23. The van der Waals surface area contributed by atoms with Gasteiger partial charge >= 0.3 is 5.97 Å². The molecule has 0 spiro atoms. The number of benzene rings is 1. The summed E-state index contributed by atoms with van der Waals surface area (Å²) in [4.78, 5) is 14.6. The molecule has 0 saturated carbocycles. The number of hydrogen-bond acceptors (Lipinski definition) is 3. The molecule has 0 saturated heterocycles. The van der Waals surface area contributed by atoms with Crippen LogP contribution in [0.5, 0.6) is 0 Å². The lowest BCUT2D eigenvalue weighted by atomic mass is 10.3. The van der Waals surface area contributed by atoms with E-state index in [-0.39, 0.29) is 5.82 Å². The van der Waals surface area contributed by atoms with Crippen LogP contribution in [0.15, 0.2) is 18.2 Å². The van der Waals surface area contributed by atoms with Crippen molar-refractivity contribution in [2.75, 3.05) is 0 Å². The molecule has 0 fully saturated rings. The Bertz CT molecular complexity index is 597. The molecule has 0 amide bonds. The fourth-order valence-corrected chi connectivity index (χ4v) is 2.30. The molecule has 0 unspecified atom stereocenters. The predicted octanol–water partition coefficient (Wildman–Crippen LogP) is 2.53. The first-order valence-electron chi connectivity index (χ1n) is 4.61. The van der Waals surface area contributed by atoms with Crippen molar-refractivity contribution in [2.24, 2.45) is 0 Å². The van der Waals surface area contributed by atoms with Gasteiger partial charge in [0.15, 0.2) is 0 Å². The van der Waals surface area contributed by atoms with Gasteiger partial charge < -0.3 is 5.11 Å². The lowest BCUT2D eigenvalue weighted by Crippen LogP contribution is -2.03. The molecular weight excluding hydrogens is 356 g/mol. The Labute approximate surface area is 116 Å². The van der Waals surface area contributed by atoms with E-state index in [4.69, 9.17) is 16.7 Å². The Morgan fingerprint density at radius 2 is 2.24 bits per heavy atom. The molecule has 2 rings (SSSR count). The molecule has 1 N–H and O–H groups in total. The van der Waals surface area contributed by atoms with Gasteiger partial charge in [-0.05, 0) is 47.7 Å². The fourth-order valence-electron chi connectivity index (χ4n) is 1.36. The zero-order chi connectivity index (χ0) is 12.6. The first kappa shape index (κ1) is 12.3. The first-order valence-corrected chi connectivity index (χ1v) is 6.07. The Balaban J connectivity index is 2.56. The van der Waals surface area contributed by atoms with Gasteiger partial charge in [-0.1, -0.05) is 11.6 Å². The van der Waals surface area contributed by atoms with E-state index in [2.05, 4.69) is 32.7 Å². The van der Waals surface area contributed by atoms with Crippen molar-refractivity contribution in [3.05, 3.63) is 38.4 Å². The number of aromatic nitrogens is 3. The van der Waals surface area contributed by atoms with Crippen LogP contribution in [0.4, 0.5) is 0 Å². The molecule has 88 valence electrons. The van der Waals surface area contributed by atoms with Crippen molar-refractivity contribution in [1.29, 1.82) is 0 Å². The summed E-state index contributed by atoms with van der Waals surface area (Å²) >= 11 is 8.23. The van der Waals surface area contributed by atoms with Crippen LogP contribution in [-0.4, -0.2) is 25.8 Å². The van der Waals surface area contributed by atoms with Crippen LogP contribution in [0.25, 0.3) is 5.69 Å². The molecule has 17 heavy (non-hydrogen) atoms. The van der Waals surface area contributed by atoms with E-state index in [0.717, 1.165) is 3.57 Å². The second kappa shape index (κ2) is 4.61. The molecule has 1 heterocycles. The molecule has 7 heteroatoms. The highest BCUT2D eigenvalue weighted by Gasteiger charge is 2.15. The molecule has 1 aromatic carbocycles. The zero-order valence-electron chi connectivity index (χ0n) is 8.69. The van der Waals surface area contributed by atoms with Crippen molar-refractivity contribution in [3.63, 3.8) is 0 Å². The SMILES string of the molecule is Cc1nc(C(=O)O)nn1-c1ccc(I)cc1Cl. The van der Waals surface area contributed by atoms with E-state index < -0.39 is 5.97 Å². The normalized spacial score (nSPS) is 10.5. The second-order valence-corrected chi connectivity index (χ2v) is 4.95. The second-order valence-electron chi connectivity index (χ2n) is 3.30. The smallest absolute Gasteiger partial charge is 0.375 e. The van der Waals surface area contributed by atoms with Gasteiger partial charge in [-0.2, -0.15) is 0 Å². The van der Waals surface area contributed by atoms with E-state index >= 15 is 0 Å². The summed E-state index contributed by atoms with van der Waals surface area (Å²) < 4.78 is 2.41. The van der Waals surface area contributed by atoms with Crippen LogP contribution >= 0.6 is 34.2 Å². The number of carboxylic acid groups (broad SMARTS) is 1. The summed E-state index contributed by atoms with van der Waals surface area (Å²) in [6.07, 6.45) is 0. The summed E-state index contributed by atoms with van der Waals surface area (Å²) in [5.74, 6) is -0.920. The average molecular weight is 364 g/mol. The summed E-state index contributed by atoms with van der Waals surface area (Å²) in [7, 11) is 0. The Morgan fingerprint density at radius 3 is 2.76 bits per heavy atom. The minimum atomic E-state index is -1.16. The maximum absolute atomic E-state index is 10.8. The number of carboxylic acids is 1. The van der Waals surface area contributed by atoms with Crippen molar-refractivity contribution >= 4 is 40.2 Å². The Kier molecular flexibility index (Phi) is 3.34. The number of carbonyl (C=O) groups is 1. The van der Waals surface area contributed by atoms with E-state index in [1.165, 1.54) is 4.68 Å². The molecule has 0 radical (unpaired) electrons. The van der Waals surface area contributed by atoms with Gasteiger partial charge in [0, 0.05) is 3.57 Å². The zero-order valence-corrected chi connectivity index (χ0v) is 11.6. The molecule has 1 aromatic heterocycles. The molecule has 0 aliphatic carbocycles. The molecule has 0 aliphatic heterocycles. The number of rotatable bonds is 2. The number of hydrogen-bond donors (Lipinski definition) is 1. The molecule has 2 aromatic rings. The van der Waals surface area contributed by atoms with Crippen LogP contribution < -0.4 is 0 Å². The minimum absolute atomic E-state index is 0.239. The minimum Gasteiger partial charge on any atom is -0.475 e. The summed E-state index contributed by atoms with van der Waals surface area (Å²) in [6, 6.07) is 5.42. The standard InChI is InChI=1S/C10H7ClIN3O2/c1-5-13-9(10(16)17)14-15(5)8-3-2-6(12)4-7(8)11/h2-4H,1H3,(H,16,17). The van der Waals surface area contributed by atoms with E-state index in [9.17, 15) is 4.79 Å². The summed E-state index contributed by atoms with van der Waals surface area (Å²) in [6.45, 7) is 1.67. The highest BCUT2D eigenvalue weighted by atomic mass is 127. The third-order valence-corrected chi connectivity index (χ3v) is 3.07. The van der Waals surface area contributed by atoms with Gasteiger partial charge in [-0.15, -0.1) is 5.10 Å². The number of halogens is 2. The molecular formula is C10H7ClIN3O2. The van der Waals surface area contributed by atoms with Gasteiger partial charge in [0.1, 0.15) is 5.82 Å². The van der Waals surface area contributed by atoms with Gasteiger partial charge in [0.2, 0.25) is 0 Å². The third kappa shape index (κ3) is 2.42. The van der Waals surface area contributed by atoms with Crippen molar-refractivity contribution < 1.29 is 9.90 Å². The number of nitrogens with zero attached hydrogens (tertiary/aromatic N) is 3. The van der Waals surface area contributed by atoms with E-state index in [1.807, 2.05) is 6.07 Å².